The summed E-state index contributed by atoms with van der Waals surface area (Å²) in [5.74, 6) is 1.88. The third kappa shape index (κ3) is 5.66. The topological polar surface area (TPSA) is 55.3 Å². The summed E-state index contributed by atoms with van der Waals surface area (Å²) in [5, 5.41) is 2.08. The van der Waals surface area contributed by atoms with Crippen LogP contribution in [0.25, 0.3) is 10.9 Å². The van der Waals surface area contributed by atoms with Crippen molar-refractivity contribution in [3.63, 3.8) is 0 Å². The van der Waals surface area contributed by atoms with Gasteiger partial charge in [0.25, 0.3) is 0 Å². The molecule has 30 heavy (non-hydrogen) atoms. The molecule has 0 unspecified atom stereocenters. The average molecular weight is 486 g/mol. The zero-order chi connectivity index (χ0) is 20.8. The van der Waals surface area contributed by atoms with Crippen molar-refractivity contribution >= 4 is 44.4 Å². The molecule has 0 amide bonds. The highest BCUT2D eigenvalue weighted by atomic mass is 79.9. The number of rotatable bonds is 8. The van der Waals surface area contributed by atoms with E-state index >= 15 is 0 Å². The van der Waals surface area contributed by atoms with E-state index < -0.39 is 0 Å². The van der Waals surface area contributed by atoms with E-state index in [-0.39, 0.29) is 5.78 Å². The van der Waals surface area contributed by atoms with Gasteiger partial charge in [0.05, 0.1) is 25.3 Å². The zero-order valence-corrected chi connectivity index (χ0v) is 19.1. The lowest BCUT2D eigenvalue weighted by molar-refractivity contribution is 0.0330. The van der Waals surface area contributed by atoms with E-state index in [0.29, 0.717) is 6.42 Å². The third-order valence-corrected chi connectivity index (χ3v) is 6.64. The maximum atomic E-state index is 12.4. The molecule has 0 N–H and O–H groups in total. The Hall–Kier alpha value is -1.80. The van der Waals surface area contributed by atoms with Gasteiger partial charge in [0.15, 0.2) is 5.78 Å². The summed E-state index contributed by atoms with van der Waals surface area (Å²) in [6.07, 6.45) is 1.36. The number of fused-ring (bicyclic) bond motifs is 1. The Labute approximate surface area is 189 Å². The molecule has 0 bridgehead atoms. The molecule has 2 aromatic carbocycles. The maximum absolute atomic E-state index is 12.4. The Morgan fingerprint density at radius 2 is 1.83 bits per heavy atom. The van der Waals surface area contributed by atoms with Crippen LogP contribution in [0.3, 0.4) is 0 Å². The van der Waals surface area contributed by atoms with Crippen LogP contribution in [0, 0.1) is 0 Å². The predicted molar refractivity (Wildman–Crippen MR) is 124 cm³/mol. The van der Waals surface area contributed by atoms with Gasteiger partial charge >= 0.3 is 0 Å². The molecule has 0 saturated carbocycles. The minimum Gasteiger partial charge on any atom is -0.379 e. The predicted octanol–water partition coefficient (Wildman–Crippen LogP) is 4.98. The van der Waals surface area contributed by atoms with E-state index in [9.17, 15) is 4.79 Å². The van der Waals surface area contributed by atoms with Gasteiger partial charge in [-0.05, 0) is 30.4 Å². The third-order valence-electron chi connectivity index (χ3n) is 5.04. The van der Waals surface area contributed by atoms with Crippen molar-refractivity contribution in [3.8, 4) is 0 Å². The molecule has 5 nitrogen and oxygen atoms in total. The van der Waals surface area contributed by atoms with Gasteiger partial charge in [-0.3, -0.25) is 9.69 Å². The van der Waals surface area contributed by atoms with E-state index in [1.54, 1.807) is 11.8 Å². The van der Waals surface area contributed by atoms with E-state index in [1.807, 2.05) is 42.5 Å². The molecule has 0 spiro atoms. The lowest BCUT2D eigenvalue weighted by atomic mass is 10.1. The number of halogens is 1. The fourth-order valence-electron chi connectivity index (χ4n) is 3.42. The number of ketones is 1. The quantitative estimate of drug-likeness (QED) is 0.194. The van der Waals surface area contributed by atoms with Crippen molar-refractivity contribution < 1.29 is 9.53 Å². The number of carbonyl (C=O) groups is 1. The summed E-state index contributed by atoms with van der Waals surface area (Å²) in [5.41, 5.74) is 1.74. The molecule has 1 fully saturated rings. The highest BCUT2D eigenvalue weighted by molar-refractivity contribution is 9.10. The Balaban J connectivity index is 1.39. The van der Waals surface area contributed by atoms with Crippen LogP contribution in [0.4, 0.5) is 0 Å². The van der Waals surface area contributed by atoms with Crippen molar-refractivity contribution in [2.45, 2.75) is 24.4 Å². The van der Waals surface area contributed by atoms with Crippen LogP contribution in [0.2, 0.25) is 0 Å². The molecular formula is C23H24BrN3O2S. The lowest BCUT2D eigenvalue weighted by Crippen LogP contribution is -2.36. The van der Waals surface area contributed by atoms with Crippen LogP contribution < -0.4 is 0 Å². The number of para-hydroxylation sites is 1. The number of hydrogen-bond donors (Lipinski definition) is 0. The van der Waals surface area contributed by atoms with E-state index in [4.69, 9.17) is 14.7 Å². The summed E-state index contributed by atoms with van der Waals surface area (Å²) in [7, 11) is 0. The van der Waals surface area contributed by atoms with Crippen LogP contribution >= 0.6 is 27.7 Å². The van der Waals surface area contributed by atoms with Gasteiger partial charge in [0.1, 0.15) is 10.9 Å². The Bertz CT molecular complexity index is 1010. The van der Waals surface area contributed by atoms with Gasteiger partial charge in [-0.15, -0.1) is 11.8 Å². The van der Waals surface area contributed by atoms with Crippen molar-refractivity contribution in [2.75, 3.05) is 32.1 Å². The zero-order valence-electron chi connectivity index (χ0n) is 16.7. The molecular weight excluding hydrogens is 462 g/mol. The van der Waals surface area contributed by atoms with Crippen molar-refractivity contribution in [1.82, 2.24) is 14.9 Å². The average Bonchev–Trinajstić information content (AvgIpc) is 2.77. The van der Waals surface area contributed by atoms with Crippen LogP contribution in [0.5, 0.6) is 0 Å². The summed E-state index contributed by atoms with van der Waals surface area (Å²) >= 11 is 5.12. The largest absolute Gasteiger partial charge is 0.379 e. The molecule has 1 saturated heterocycles. The van der Waals surface area contributed by atoms with Crippen LogP contribution in [0.15, 0.2) is 58.0 Å². The summed E-state index contributed by atoms with van der Waals surface area (Å²) < 4.78 is 6.42. The second-order valence-corrected chi connectivity index (χ2v) is 9.23. The first-order valence-corrected chi connectivity index (χ1v) is 11.9. The molecule has 1 aliphatic rings. The fourth-order valence-corrected chi connectivity index (χ4v) is 4.66. The molecule has 7 heteroatoms. The maximum Gasteiger partial charge on any atom is 0.162 e. The van der Waals surface area contributed by atoms with Gasteiger partial charge in [-0.25, -0.2) is 9.97 Å². The number of carbonyl (C=O) groups excluding carboxylic acids is 1. The Morgan fingerprint density at radius 3 is 2.63 bits per heavy atom. The number of nitrogens with zero attached hydrogens (tertiary/aromatic N) is 3. The summed E-state index contributed by atoms with van der Waals surface area (Å²) in [4.78, 5) is 24.3. The smallest absolute Gasteiger partial charge is 0.162 e. The van der Waals surface area contributed by atoms with Gasteiger partial charge in [-0.2, -0.15) is 0 Å². The van der Waals surface area contributed by atoms with E-state index in [2.05, 4.69) is 26.9 Å². The fraction of sp³-hybridized carbons (Fsp3) is 0.348. The first-order valence-electron chi connectivity index (χ1n) is 10.2. The minimum atomic E-state index is 0.184. The molecule has 0 atom stereocenters. The Kier molecular flexibility index (Phi) is 7.49. The summed E-state index contributed by atoms with van der Waals surface area (Å²) in [6.45, 7) is 4.10. The second kappa shape index (κ2) is 10.5. The number of benzene rings is 2. The van der Waals surface area contributed by atoms with E-state index in [1.165, 1.54) is 0 Å². The standard InChI is InChI=1S/C23H24BrN3O2S/c24-18-9-7-17(8-10-18)21(28)6-3-15-30-23-19-4-1-2-5-20(19)25-22(26-23)16-27-11-13-29-14-12-27/h1-2,4-5,7-10H,3,6,11-16H2. The highest BCUT2D eigenvalue weighted by Crippen LogP contribution is 2.27. The lowest BCUT2D eigenvalue weighted by Gasteiger charge is -2.25. The van der Waals surface area contributed by atoms with Crippen LogP contribution in [-0.2, 0) is 11.3 Å². The normalized spacial score (nSPS) is 14.8. The SMILES string of the molecule is O=C(CCCSc1nc(CN2CCOCC2)nc2ccccc12)c1ccc(Br)cc1. The number of hydrogen-bond acceptors (Lipinski definition) is 6. The number of Topliss-reactive ketones (excluding diaryl/α,β-unsaturated/α-hetero) is 1. The molecule has 0 radical (unpaired) electrons. The number of thioether (sulfide) groups is 1. The first kappa shape index (κ1) is 21.4. The van der Waals surface area contributed by atoms with Gasteiger partial charge < -0.3 is 4.74 Å². The van der Waals surface area contributed by atoms with Gasteiger partial charge in [0, 0.05) is 34.9 Å². The van der Waals surface area contributed by atoms with Crippen LogP contribution in [-0.4, -0.2) is 52.7 Å². The second-order valence-electron chi connectivity index (χ2n) is 7.23. The molecule has 1 aromatic heterocycles. The molecule has 2 heterocycles. The van der Waals surface area contributed by atoms with Gasteiger partial charge in [0.2, 0.25) is 0 Å². The molecule has 3 aromatic rings. The first-order chi connectivity index (χ1) is 14.7. The number of aromatic nitrogens is 2. The molecule has 0 aliphatic carbocycles. The minimum absolute atomic E-state index is 0.184. The van der Waals surface area contributed by atoms with E-state index in [0.717, 1.165) is 76.8 Å². The van der Waals surface area contributed by atoms with Crippen molar-refractivity contribution in [1.29, 1.82) is 0 Å². The summed E-state index contributed by atoms with van der Waals surface area (Å²) in [6, 6.07) is 15.7. The van der Waals surface area contributed by atoms with Crippen molar-refractivity contribution in [2.24, 2.45) is 0 Å². The molecule has 156 valence electrons. The monoisotopic (exact) mass is 485 g/mol. The Morgan fingerprint density at radius 1 is 1.07 bits per heavy atom. The number of morpholine rings is 1. The van der Waals surface area contributed by atoms with Crippen molar-refractivity contribution in [3.05, 3.63) is 64.4 Å². The molecule has 1 aliphatic heterocycles. The number of ether oxygens (including phenoxy) is 1. The van der Waals surface area contributed by atoms with Crippen LogP contribution in [0.1, 0.15) is 29.0 Å². The molecule has 4 rings (SSSR count). The highest BCUT2D eigenvalue weighted by Gasteiger charge is 2.15. The van der Waals surface area contributed by atoms with Gasteiger partial charge in [-0.1, -0.05) is 46.3 Å².